The van der Waals surface area contributed by atoms with Crippen LogP contribution < -0.4 is 5.73 Å². The Kier molecular flexibility index (Phi) is 6.24. The largest absolute Gasteiger partial charge is 0.464 e. The number of hydrogen-bond acceptors (Lipinski definition) is 7. The number of carbonyl (C=O) groups is 2. The number of nitrogens with zero attached hydrogens (tertiary/aromatic N) is 3. The second-order valence-electron chi connectivity index (χ2n) is 7.16. The molecule has 0 radical (unpaired) electrons. The van der Waals surface area contributed by atoms with Gasteiger partial charge >= 0.3 is 12.1 Å². The van der Waals surface area contributed by atoms with Gasteiger partial charge in [0, 0.05) is 18.7 Å². The number of fused-ring (bicyclic) bond motifs is 1. The molecular weight excluding hydrogens is 350 g/mol. The van der Waals surface area contributed by atoms with E-state index in [2.05, 4.69) is 15.0 Å². The van der Waals surface area contributed by atoms with Gasteiger partial charge in [0.2, 0.25) is 0 Å². The first kappa shape index (κ1) is 20.5. The lowest BCUT2D eigenvalue weighted by molar-refractivity contribution is -0.141. The van der Waals surface area contributed by atoms with Crippen LogP contribution in [0.3, 0.4) is 0 Å². The lowest BCUT2D eigenvalue weighted by Gasteiger charge is -2.32. The predicted molar refractivity (Wildman–Crippen MR) is 101 cm³/mol. The van der Waals surface area contributed by atoms with Crippen LogP contribution in [0.15, 0.2) is 12.5 Å². The van der Waals surface area contributed by atoms with E-state index in [4.69, 9.17) is 15.2 Å². The highest BCUT2D eigenvalue weighted by atomic mass is 16.6. The van der Waals surface area contributed by atoms with E-state index >= 15 is 0 Å². The molecule has 9 nitrogen and oxygen atoms in total. The smallest absolute Gasteiger partial charge is 0.410 e. The van der Waals surface area contributed by atoms with Crippen LogP contribution >= 0.6 is 0 Å². The lowest BCUT2D eigenvalue weighted by Crippen LogP contribution is -2.41. The van der Waals surface area contributed by atoms with Crippen molar-refractivity contribution in [2.45, 2.75) is 52.7 Å². The monoisotopic (exact) mass is 377 g/mol. The number of esters is 1. The molecule has 2 aromatic heterocycles. The minimum atomic E-state index is -0.651. The van der Waals surface area contributed by atoms with Crippen LogP contribution in [0, 0.1) is 0 Å². The molecule has 148 valence electrons. The van der Waals surface area contributed by atoms with Gasteiger partial charge in [-0.25, -0.2) is 14.8 Å². The van der Waals surface area contributed by atoms with Gasteiger partial charge in [0.25, 0.3) is 0 Å². The number of nitrogens with two attached hydrogens (primary N) is 1. The van der Waals surface area contributed by atoms with Gasteiger partial charge in [-0.3, -0.25) is 9.69 Å². The van der Waals surface area contributed by atoms with Gasteiger partial charge in [0.1, 0.15) is 24.1 Å². The molecule has 2 aromatic rings. The SMILES string of the molecule is CC[C@H](c1c[nH]c2c(N)ncnc12)N(CCOC(C)=O)C(=O)OC(C)(C)C. The molecule has 3 N–H and O–H groups in total. The van der Waals surface area contributed by atoms with E-state index in [9.17, 15) is 9.59 Å². The molecular formula is C18H27N5O4. The van der Waals surface area contributed by atoms with Crippen molar-refractivity contribution in [3.8, 4) is 0 Å². The van der Waals surface area contributed by atoms with Crippen molar-refractivity contribution in [1.82, 2.24) is 19.9 Å². The fraction of sp³-hybridized carbons (Fsp3) is 0.556. The summed E-state index contributed by atoms with van der Waals surface area (Å²) in [5.74, 6) is -0.0652. The molecule has 1 atom stereocenters. The summed E-state index contributed by atoms with van der Waals surface area (Å²) in [6.07, 6.45) is 3.28. The molecule has 2 rings (SSSR count). The quantitative estimate of drug-likeness (QED) is 0.742. The summed E-state index contributed by atoms with van der Waals surface area (Å²) in [4.78, 5) is 36.8. The number of hydrogen-bond donors (Lipinski definition) is 2. The second-order valence-corrected chi connectivity index (χ2v) is 7.16. The Morgan fingerprint density at radius 2 is 2.04 bits per heavy atom. The molecule has 0 unspecified atom stereocenters. The molecule has 1 amide bonds. The minimum absolute atomic E-state index is 0.0740. The van der Waals surface area contributed by atoms with E-state index in [1.165, 1.54) is 13.3 Å². The number of anilines is 1. The first-order valence-corrected chi connectivity index (χ1v) is 8.84. The Hall–Kier alpha value is -2.84. The zero-order valence-corrected chi connectivity index (χ0v) is 16.4. The van der Waals surface area contributed by atoms with E-state index in [0.29, 0.717) is 23.3 Å². The molecule has 0 bridgehead atoms. The second kappa shape index (κ2) is 8.24. The van der Waals surface area contributed by atoms with Crippen molar-refractivity contribution in [3.63, 3.8) is 0 Å². The van der Waals surface area contributed by atoms with Gasteiger partial charge in [-0.2, -0.15) is 0 Å². The number of H-pyrrole nitrogens is 1. The number of rotatable bonds is 6. The van der Waals surface area contributed by atoms with Crippen molar-refractivity contribution in [3.05, 3.63) is 18.1 Å². The lowest BCUT2D eigenvalue weighted by atomic mass is 10.0. The highest BCUT2D eigenvalue weighted by Gasteiger charge is 2.30. The Labute approximate surface area is 158 Å². The molecule has 0 aromatic carbocycles. The molecule has 0 aliphatic rings. The standard InChI is InChI=1S/C18H27N5O4/c1-6-13(12-9-20-15-14(12)21-10-22-16(15)19)23(7-8-26-11(2)24)17(25)27-18(3,4)5/h9-10,13,20H,6-8H2,1-5H3,(H2,19,21,22)/t13-/m1/s1. The maximum Gasteiger partial charge on any atom is 0.410 e. The highest BCUT2D eigenvalue weighted by Crippen LogP contribution is 2.31. The molecule has 2 heterocycles. The van der Waals surface area contributed by atoms with E-state index in [0.717, 1.165) is 5.56 Å². The van der Waals surface area contributed by atoms with Crippen LogP contribution in [-0.4, -0.2) is 50.7 Å². The maximum atomic E-state index is 12.8. The zero-order valence-electron chi connectivity index (χ0n) is 16.4. The average Bonchev–Trinajstić information content (AvgIpc) is 2.97. The highest BCUT2D eigenvalue weighted by molar-refractivity contribution is 5.87. The van der Waals surface area contributed by atoms with Gasteiger partial charge in [-0.05, 0) is 27.2 Å². The zero-order chi connectivity index (χ0) is 20.2. The summed E-state index contributed by atoms with van der Waals surface area (Å²) in [6.45, 7) is 8.96. The third-order valence-electron chi connectivity index (χ3n) is 3.91. The van der Waals surface area contributed by atoms with E-state index in [-0.39, 0.29) is 19.2 Å². The minimum Gasteiger partial charge on any atom is -0.464 e. The van der Waals surface area contributed by atoms with Crippen molar-refractivity contribution in [2.75, 3.05) is 18.9 Å². The number of aromatic nitrogens is 3. The summed E-state index contributed by atoms with van der Waals surface area (Å²) in [7, 11) is 0. The van der Waals surface area contributed by atoms with Gasteiger partial charge in [-0.1, -0.05) is 6.92 Å². The van der Waals surface area contributed by atoms with Crippen LogP contribution in [0.4, 0.5) is 10.6 Å². The first-order valence-electron chi connectivity index (χ1n) is 8.84. The molecule has 27 heavy (non-hydrogen) atoms. The number of aromatic amines is 1. The number of nitrogen functional groups attached to an aromatic ring is 1. The molecule has 0 saturated carbocycles. The number of amides is 1. The number of nitrogens with one attached hydrogen (secondary N) is 1. The van der Waals surface area contributed by atoms with Crippen LogP contribution in [0.2, 0.25) is 0 Å². The topological polar surface area (TPSA) is 123 Å². The van der Waals surface area contributed by atoms with Crippen LogP contribution in [0.5, 0.6) is 0 Å². The first-order chi connectivity index (χ1) is 12.6. The summed E-state index contributed by atoms with van der Waals surface area (Å²) in [6, 6.07) is -0.335. The molecule has 0 aliphatic carbocycles. The van der Waals surface area contributed by atoms with Crippen molar-refractivity contribution in [2.24, 2.45) is 0 Å². The van der Waals surface area contributed by atoms with E-state index in [1.54, 1.807) is 31.9 Å². The van der Waals surface area contributed by atoms with Crippen molar-refractivity contribution in [1.29, 1.82) is 0 Å². The van der Waals surface area contributed by atoms with Gasteiger partial charge in [0.05, 0.1) is 18.1 Å². The third kappa shape index (κ3) is 5.08. The average molecular weight is 377 g/mol. The maximum absolute atomic E-state index is 12.8. The summed E-state index contributed by atoms with van der Waals surface area (Å²) >= 11 is 0. The van der Waals surface area contributed by atoms with Crippen LogP contribution in [0.25, 0.3) is 11.0 Å². The number of carbonyl (C=O) groups excluding carboxylic acids is 2. The summed E-state index contributed by atoms with van der Waals surface area (Å²) < 4.78 is 10.6. The fourth-order valence-corrected chi connectivity index (χ4v) is 2.82. The fourth-order valence-electron chi connectivity index (χ4n) is 2.82. The van der Waals surface area contributed by atoms with Crippen LogP contribution in [-0.2, 0) is 14.3 Å². The number of ether oxygens (including phenoxy) is 2. The van der Waals surface area contributed by atoms with Gasteiger partial charge in [-0.15, -0.1) is 0 Å². The predicted octanol–water partition coefficient (Wildman–Crippen LogP) is 2.79. The van der Waals surface area contributed by atoms with E-state index in [1.807, 2.05) is 6.92 Å². The Bertz CT molecular complexity index is 812. The van der Waals surface area contributed by atoms with Crippen LogP contribution in [0.1, 0.15) is 52.6 Å². The van der Waals surface area contributed by atoms with Gasteiger partial charge in [0.15, 0.2) is 5.82 Å². The molecule has 0 aliphatic heterocycles. The molecule has 0 fully saturated rings. The molecule has 0 spiro atoms. The summed E-state index contributed by atoms with van der Waals surface area (Å²) in [5, 5.41) is 0. The van der Waals surface area contributed by atoms with Gasteiger partial charge < -0.3 is 20.2 Å². The molecule has 9 heteroatoms. The summed E-state index contributed by atoms with van der Waals surface area (Å²) in [5.41, 5.74) is 7.32. The Morgan fingerprint density at radius 3 is 2.63 bits per heavy atom. The Balaban J connectivity index is 2.38. The molecule has 0 saturated heterocycles. The third-order valence-corrected chi connectivity index (χ3v) is 3.91. The normalized spacial score (nSPS) is 12.6. The van der Waals surface area contributed by atoms with Crippen molar-refractivity contribution < 1.29 is 19.1 Å². The van der Waals surface area contributed by atoms with Crippen molar-refractivity contribution >= 4 is 28.9 Å². The van der Waals surface area contributed by atoms with E-state index < -0.39 is 17.7 Å². The Morgan fingerprint density at radius 1 is 1.33 bits per heavy atom.